The number of piperidine rings is 1. The van der Waals surface area contributed by atoms with Gasteiger partial charge in [-0.05, 0) is 39.0 Å². The highest BCUT2D eigenvalue weighted by atomic mass is 127. The van der Waals surface area contributed by atoms with Crippen molar-refractivity contribution in [3.8, 4) is 0 Å². The Kier molecular flexibility index (Phi) is 11.5. The van der Waals surface area contributed by atoms with Gasteiger partial charge < -0.3 is 25.0 Å². The lowest BCUT2D eigenvalue weighted by Crippen LogP contribution is -2.53. The normalized spacial score (nSPS) is 23.4. The first-order valence-electron chi connectivity index (χ1n) is 11.4. The number of ether oxygens (including phenoxy) is 1. The Hall–Kier alpha value is -0.980. The standard InChI is InChI=1S/C21H39N7O2.HI/c1-16-25-26-20(27(16)2)15-23-21(22-11-6-14-30-3)24-17-9-12-28(13-10-17)18-7-4-5-8-19(18)29;/h17-19,29H,4-15H2,1-3H3,(H2,22,23,24);1H. The minimum Gasteiger partial charge on any atom is -0.391 e. The highest BCUT2D eigenvalue weighted by Crippen LogP contribution is 2.25. The van der Waals surface area contributed by atoms with Gasteiger partial charge in [0.15, 0.2) is 11.8 Å². The average molecular weight is 550 g/mol. The molecule has 1 saturated carbocycles. The molecule has 1 saturated heterocycles. The van der Waals surface area contributed by atoms with E-state index in [1.54, 1.807) is 7.11 Å². The number of aliphatic hydroxyl groups is 1. The van der Waals surface area contributed by atoms with Gasteiger partial charge in [0.05, 0.1) is 6.10 Å². The summed E-state index contributed by atoms with van der Waals surface area (Å²) in [6.45, 7) is 6.02. The van der Waals surface area contributed by atoms with Crippen LogP contribution in [0.5, 0.6) is 0 Å². The number of guanidine groups is 1. The second kappa shape index (κ2) is 13.5. The Labute approximate surface area is 203 Å². The molecule has 1 aromatic heterocycles. The highest BCUT2D eigenvalue weighted by Gasteiger charge is 2.31. The van der Waals surface area contributed by atoms with Crippen LogP contribution in [0.4, 0.5) is 0 Å². The molecule has 2 fully saturated rings. The number of nitrogens with zero attached hydrogens (tertiary/aromatic N) is 5. The molecule has 0 aromatic carbocycles. The van der Waals surface area contributed by atoms with E-state index < -0.39 is 0 Å². The summed E-state index contributed by atoms with van der Waals surface area (Å²) in [5, 5.41) is 25.7. The molecule has 1 aromatic rings. The lowest BCUT2D eigenvalue weighted by Gasteiger charge is -2.41. The summed E-state index contributed by atoms with van der Waals surface area (Å²) < 4.78 is 7.12. The third-order valence-electron chi connectivity index (χ3n) is 6.41. The maximum atomic E-state index is 10.4. The molecule has 31 heavy (non-hydrogen) atoms. The van der Waals surface area contributed by atoms with Gasteiger partial charge in [-0.3, -0.25) is 4.90 Å². The van der Waals surface area contributed by atoms with Crippen LogP contribution in [-0.2, 0) is 18.3 Å². The van der Waals surface area contributed by atoms with Crippen LogP contribution in [0.2, 0.25) is 0 Å². The first-order chi connectivity index (χ1) is 14.6. The maximum absolute atomic E-state index is 10.4. The molecule has 1 aliphatic heterocycles. The lowest BCUT2D eigenvalue weighted by molar-refractivity contribution is 0.00810. The maximum Gasteiger partial charge on any atom is 0.191 e. The fourth-order valence-electron chi connectivity index (χ4n) is 4.40. The van der Waals surface area contributed by atoms with Gasteiger partial charge in [0.1, 0.15) is 12.4 Å². The Morgan fingerprint density at radius 1 is 1.19 bits per heavy atom. The summed E-state index contributed by atoms with van der Waals surface area (Å²) in [4.78, 5) is 7.25. The smallest absolute Gasteiger partial charge is 0.191 e. The predicted molar refractivity (Wildman–Crippen MR) is 133 cm³/mol. The molecule has 1 aliphatic carbocycles. The van der Waals surface area contributed by atoms with Gasteiger partial charge in [-0.1, -0.05) is 12.8 Å². The molecular formula is C21H40IN7O2. The molecule has 0 amide bonds. The van der Waals surface area contributed by atoms with Gasteiger partial charge in [-0.2, -0.15) is 0 Å². The summed E-state index contributed by atoms with van der Waals surface area (Å²) in [5.41, 5.74) is 0. The van der Waals surface area contributed by atoms with Gasteiger partial charge >= 0.3 is 0 Å². The largest absolute Gasteiger partial charge is 0.391 e. The van der Waals surface area contributed by atoms with Crippen molar-refractivity contribution >= 4 is 29.9 Å². The molecule has 10 heteroatoms. The van der Waals surface area contributed by atoms with Crippen LogP contribution in [-0.4, -0.2) is 82.3 Å². The quantitative estimate of drug-likeness (QED) is 0.196. The van der Waals surface area contributed by atoms with Crippen molar-refractivity contribution in [1.82, 2.24) is 30.3 Å². The summed E-state index contributed by atoms with van der Waals surface area (Å²) in [7, 11) is 3.69. The van der Waals surface area contributed by atoms with Crippen LogP contribution >= 0.6 is 24.0 Å². The predicted octanol–water partition coefficient (Wildman–Crippen LogP) is 1.58. The molecule has 3 rings (SSSR count). The van der Waals surface area contributed by atoms with Crippen LogP contribution in [0.1, 0.15) is 56.6 Å². The monoisotopic (exact) mass is 549 g/mol. The van der Waals surface area contributed by atoms with Crippen LogP contribution < -0.4 is 10.6 Å². The van der Waals surface area contributed by atoms with E-state index in [2.05, 4.69) is 25.7 Å². The van der Waals surface area contributed by atoms with Crippen LogP contribution in [0, 0.1) is 6.92 Å². The third-order valence-corrected chi connectivity index (χ3v) is 6.41. The molecule has 2 atom stereocenters. The number of nitrogens with one attached hydrogen (secondary N) is 2. The SMILES string of the molecule is COCCCNC(=NCc1nnc(C)n1C)NC1CCN(C2CCCCC2O)CC1.I. The molecule has 0 spiro atoms. The number of aliphatic imine (C=N–C) groups is 1. The van der Waals surface area contributed by atoms with E-state index in [1.165, 1.54) is 6.42 Å². The van der Waals surface area contributed by atoms with Crippen molar-refractivity contribution in [3.63, 3.8) is 0 Å². The van der Waals surface area contributed by atoms with E-state index >= 15 is 0 Å². The van der Waals surface area contributed by atoms with E-state index in [0.29, 0.717) is 18.6 Å². The summed E-state index contributed by atoms with van der Waals surface area (Å²) >= 11 is 0. The van der Waals surface area contributed by atoms with E-state index in [4.69, 9.17) is 9.73 Å². The number of halogens is 1. The van der Waals surface area contributed by atoms with Gasteiger partial charge in [-0.15, -0.1) is 34.2 Å². The Balaban J connectivity index is 0.00000341. The summed E-state index contributed by atoms with van der Waals surface area (Å²) in [6.07, 6.45) is 7.38. The topological polar surface area (TPSA) is 99.8 Å². The number of hydrogen-bond donors (Lipinski definition) is 3. The molecule has 2 heterocycles. The molecule has 2 unspecified atom stereocenters. The van der Waals surface area contributed by atoms with Crippen molar-refractivity contribution in [2.75, 3.05) is 33.4 Å². The second-order valence-electron chi connectivity index (χ2n) is 8.53. The number of rotatable bonds is 8. The zero-order valence-corrected chi connectivity index (χ0v) is 21.5. The Morgan fingerprint density at radius 3 is 2.58 bits per heavy atom. The first kappa shape index (κ1) is 26.3. The van der Waals surface area contributed by atoms with Gasteiger partial charge in [0.25, 0.3) is 0 Å². The van der Waals surface area contributed by atoms with Gasteiger partial charge in [0.2, 0.25) is 0 Å². The lowest BCUT2D eigenvalue weighted by atomic mass is 9.89. The summed E-state index contributed by atoms with van der Waals surface area (Å²) in [5.74, 6) is 2.56. The number of aliphatic hydroxyl groups excluding tert-OH is 1. The highest BCUT2D eigenvalue weighted by molar-refractivity contribution is 14.0. The van der Waals surface area contributed by atoms with Gasteiger partial charge in [-0.25, -0.2) is 4.99 Å². The zero-order chi connectivity index (χ0) is 21.3. The molecule has 3 N–H and O–H groups in total. The Morgan fingerprint density at radius 2 is 1.94 bits per heavy atom. The number of likely N-dealkylation sites (tertiary alicyclic amines) is 1. The second-order valence-corrected chi connectivity index (χ2v) is 8.53. The number of aryl methyl sites for hydroxylation is 1. The minimum absolute atomic E-state index is 0. The van der Waals surface area contributed by atoms with Gasteiger partial charge in [0, 0.05) is 52.5 Å². The van der Waals surface area contributed by atoms with E-state index in [1.807, 2.05) is 18.5 Å². The Bertz CT molecular complexity index is 677. The van der Waals surface area contributed by atoms with E-state index in [9.17, 15) is 5.11 Å². The van der Waals surface area contributed by atoms with Crippen LogP contribution in [0.15, 0.2) is 4.99 Å². The van der Waals surface area contributed by atoms with Crippen molar-refractivity contribution < 1.29 is 9.84 Å². The number of methoxy groups -OCH3 is 1. The average Bonchev–Trinajstić information content (AvgIpc) is 3.08. The molecular weight excluding hydrogens is 509 g/mol. The van der Waals surface area contributed by atoms with E-state index in [-0.39, 0.29) is 30.1 Å². The fourth-order valence-corrected chi connectivity index (χ4v) is 4.40. The van der Waals surface area contributed by atoms with Crippen molar-refractivity contribution in [1.29, 1.82) is 0 Å². The summed E-state index contributed by atoms with van der Waals surface area (Å²) in [6, 6.07) is 0.732. The zero-order valence-electron chi connectivity index (χ0n) is 19.2. The molecule has 0 bridgehead atoms. The number of hydrogen-bond acceptors (Lipinski definition) is 6. The fraction of sp³-hybridized carbons (Fsp3) is 0.857. The molecule has 0 radical (unpaired) electrons. The van der Waals surface area contributed by atoms with Crippen molar-refractivity contribution in [3.05, 3.63) is 11.6 Å². The molecule has 2 aliphatic rings. The first-order valence-corrected chi connectivity index (χ1v) is 11.4. The molecule has 178 valence electrons. The third kappa shape index (κ3) is 7.83. The van der Waals surface area contributed by atoms with Crippen LogP contribution in [0.3, 0.4) is 0 Å². The number of aromatic nitrogens is 3. The van der Waals surface area contributed by atoms with Crippen LogP contribution in [0.25, 0.3) is 0 Å². The molecule has 9 nitrogen and oxygen atoms in total. The minimum atomic E-state index is -0.155. The van der Waals surface area contributed by atoms with Crippen molar-refractivity contribution in [2.45, 2.75) is 76.6 Å². The van der Waals surface area contributed by atoms with Crippen molar-refractivity contribution in [2.24, 2.45) is 12.0 Å². The van der Waals surface area contributed by atoms with E-state index in [0.717, 1.165) is 82.4 Å².